The lowest BCUT2D eigenvalue weighted by Gasteiger charge is -2.39. The first kappa shape index (κ1) is 14.5. The summed E-state index contributed by atoms with van der Waals surface area (Å²) in [6, 6.07) is 0. The van der Waals surface area contributed by atoms with Gasteiger partial charge in [0.05, 0.1) is 0 Å². The van der Waals surface area contributed by atoms with Gasteiger partial charge in [-0.15, -0.1) is 0 Å². The fourth-order valence-corrected chi connectivity index (χ4v) is 2.43. The highest BCUT2D eigenvalue weighted by Crippen LogP contribution is 2.30. The van der Waals surface area contributed by atoms with Crippen LogP contribution in [0.5, 0.6) is 0 Å². The van der Waals surface area contributed by atoms with E-state index in [9.17, 15) is 4.79 Å². The molecule has 0 saturated heterocycles. The van der Waals surface area contributed by atoms with Crippen LogP contribution in [0, 0.1) is 0 Å². The maximum atomic E-state index is 12.3. The molecule has 100 valence electrons. The molecule has 2 N–H and O–H groups in total. The lowest BCUT2D eigenvalue weighted by molar-refractivity contribution is -0.136. The average Bonchev–Trinajstić information content (AvgIpc) is 2.28. The van der Waals surface area contributed by atoms with Crippen LogP contribution in [-0.4, -0.2) is 28.9 Å². The van der Waals surface area contributed by atoms with Crippen molar-refractivity contribution in [2.45, 2.75) is 76.8 Å². The molecule has 0 aromatic heterocycles. The van der Waals surface area contributed by atoms with Gasteiger partial charge in [0.1, 0.15) is 0 Å². The molecule has 1 amide bonds. The number of hydrogen-bond donors (Lipinski definition) is 1. The summed E-state index contributed by atoms with van der Waals surface area (Å²) in [6.07, 6.45) is 7.08. The second kappa shape index (κ2) is 5.38. The number of carbonyl (C=O) groups is 1. The van der Waals surface area contributed by atoms with E-state index in [1.54, 1.807) is 0 Å². The van der Waals surface area contributed by atoms with Crippen molar-refractivity contribution >= 4 is 5.91 Å². The van der Waals surface area contributed by atoms with E-state index in [-0.39, 0.29) is 17.0 Å². The third kappa shape index (κ3) is 3.70. The molecular weight excluding hydrogens is 212 g/mol. The monoisotopic (exact) mass is 240 g/mol. The van der Waals surface area contributed by atoms with Crippen molar-refractivity contribution in [1.29, 1.82) is 0 Å². The molecule has 0 atom stereocenters. The van der Waals surface area contributed by atoms with Crippen molar-refractivity contribution in [1.82, 2.24) is 4.90 Å². The van der Waals surface area contributed by atoms with Gasteiger partial charge in [0.15, 0.2) is 0 Å². The van der Waals surface area contributed by atoms with Crippen LogP contribution in [-0.2, 0) is 4.79 Å². The second-order valence-electron chi connectivity index (χ2n) is 6.22. The summed E-state index contributed by atoms with van der Waals surface area (Å²) in [7, 11) is 1.90. The lowest BCUT2D eigenvalue weighted by Crippen LogP contribution is -2.50. The van der Waals surface area contributed by atoms with Gasteiger partial charge in [-0.3, -0.25) is 4.79 Å². The molecule has 1 rings (SSSR count). The molecule has 1 fully saturated rings. The summed E-state index contributed by atoms with van der Waals surface area (Å²) in [5, 5.41) is 0. The highest BCUT2D eigenvalue weighted by molar-refractivity contribution is 5.78. The summed E-state index contributed by atoms with van der Waals surface area (Å²) in [5.74, 6) is 0.196. The van der Waals surface area contributed by atoms with E-state index in [1.165, 1.54) is 19.3 Å². The van der Waals surface area contributed by atoms with E-state index >= 15 is 0 Å². The Morgan fingerprint density at radius 1 is 1.29 bits per heavy atom. The van der Waals surface area contributed by atoms with Crippen LogP contribution >= 0.6 is 0 Å². The van der Waals surface area contributed by atoms with Gasteiger partial charge in [-0.05, 0) is 33.1 Å². The minimum absolute atomic E-state index is 0.0674. The van der Waals surface area contributed by atoms with Crippen LogP contribution in [0.25, 0.3) is 0 Å². The molecule has 0 spiro atoms. The normalized spacial score (nSPS) is 20.1. The topological polar surface area (TPSA) is 46.3 Å². The number of nitrogens with two attached hydrogens (primary N) is 1. The molecule has 0 unspecified atom stereocenters. The van der Waals surface area contributed by atoms with Gasteiger partial charge in [0, 0.05) is 24.5 Å². The quantitative estimate of drug-likeness (QED) is 0.821. The summed E-state index contributed by atoms with van der Waals surface area (Å²) >= 11 is 0. The first-order chi connectivity index (χ1) is 7.81. The Balaban J connectivity index is 2.59. The molecule has 0 radical (unpaired) electrons. The molecule has 3 nitrogen and oxygen atoms in total. The zero-order valence-electron chi connectivity index (χ0n) is 11.9. The molecule has 17 heavy (non-hydrogen) atoms. The van der Waals surface area contributed by atoms with E-state index < -0.39 is 0 Å². The van der Waals surface area contributed by atoms with Crippen molar-refractivity contribution in [2.75, 3.05) is 7.05 Å². The van der Waals surface area contributed by atoms with Gasteiger partial charge in [-0.2, -0.15) is 0 Å². The Hall–Kier alpha value is -0.570. The van der Waals surface area contributed by atoms with Crippen LogP contribution in [0.4, 0.5) is 0 Å². The van der Waals surface area contributed by atoms with E-state index in [4.69, 9.17) is 5.73 Å². The Bertz CT molecular complexity index is 267. The van der Waals surface area contributed by atoms with Crippen LogP contribution in [0.2, 0.25) is 0 Å². The predicted octanol–water partition coefficient (Wildman–Crippen LogP) is 2.69. The van der Waals surface area contributed by atoms with Gasteiger partial charge in [0.2, 0.25) is 5.91 Å². The van der Waals surface area contributed by atoms with Crippen molar-refractivity contribution in [2.24, 2.45) is 5.73 Å². The molecule has 3 heteroatoms. The zero-order valence-corrected chi connectivity index (χ0v) is 11.9. The van der Waals surface area contributed by atoms with Gasteiger partial charge in [-0.25, -0.2) is 0 Å². The van der Waals surface area contributed by atoms with Crippen molar-refractivity contribution < 1.29 is 4.79 Å². The molecule has 0 aromatic rings. The van der Waals surface area contributed by atoms with E-state index in [0.717, 1.165) is 19.3 Å². The fraction of sp³-hybridized carbons (Fsp3) is 0.929. The third-order valence-electron chi connectivity index (χ3n) is 4.50. The molecule has 0 aliphatic heterocycles. The summed E-state index contributed by atoms with van der Waals surface area (Å²) in [5.41, 5.74) is 6.03. The van der Waals surface area contributed by atoms with E-state index in [1.807, 2.05) is 11.9 Å². The molecular formula is C14H28N2O. The van der Waals surface area contributed by atoms with Crippen LogP contribution in [0.3, 0.4) is 0 Å². The zero-order chi connectivity index (χ0) is 13.1. The first-order valence-electron chi connectivity index (χ1n) is 6.86. The smallest absolute Gasteiger partial charge is 0.224 e. The molecule has 1 saturated carbocycles. The van der Waals surface area contributed by atoms with Crippen LogP contribution in [0.15, 0.2) is 0 Å². The Labute approximate surface area is 106 Å². The van der Waals surface area contributed by atoms with Crippen LogP contribution < -0.4 is 5.73 Å². The van der Waals surface area contributed by atoms with Gasteiger partial charge in [-0.1, -0.05) is 26.2 Å². The first-order valence-corrected chi connectivity index (χ1v) is 6.86. The van der Waals surface area contributed by atoms with Gasteiger partial charge < -0.3 is 10.6 Å². The molecule has 1 aliphatic rings. The van der Waals surface area contributed by atoms with E-state index in [2.05, 4.69) is 20.8 Å². The maximum absolute atomic E-state index is 12.3. The Kier molecular flexibility index (Phi) is 4.59. The average molecular weight is 240 g/mol. The molecule has 1 aliphatic carbocycles. The number of carbonyl (C=O) groups excluding carboxylic acids is 1. The number of nitrogens with zero attached hydrogens (tertiary/aromatic N) is 1. The highest BCUT2D eigenvalue weighted by Gasteiger charge is 2.34. The number of rotatable bonds is 4. The van der Waals surface area contributed by atoms with Gasteiger partial charge in [0.25, 0.3) is 0 Å². The van der Waals surface area contributed by atoms with Crippen molar-refractivity contribution in [3.63, 3.8) is 0 Å². The Morgan fingerprint density at radius 2 is 1.82 bits per heavy atom. The number of amides is 1. The second-order valence-corrected chi connectivity index (χ2v) is 6.22. The molecule has 0 aromatic carbocycles. The standard InChI is InChI=1S/C14H28N2O/c1-5-13(2,3)16(4)12(17)11-14(15)9-7-6-8-10-14/h5-11,15H2,1-4H3. The summed E-state index contributed by atoms with van der Waals surface area (Å²) in [6.45, 7) is 6.33. The summed E-state index contributed by atoms with van der Waals surface area (Å²) < 4.78 is 0. The number of hydrogen-bond acceptors (Lipinski definition) is 2. The highest BCUT2D eigenvalue weighted by atomic mass is 16.2. The minimum Gasteiger partial charge on any atom is -0.341 e. The van der Waals surface area contributed by atoms with Crippen LogP contribution in [0.1, 0.15) is 65.7 Å². The minimum atomic E-state index is -0.243. The lowest BCUT2D eigenvalue weighted by atomic mass is 9.79. The fourth-order valence-electron chi connectivity index (χ4n) is 2.43. The maximum Gasteiger partial charge on any atom is 0.224 e. The van der Waals surface area contributed by atoms with Gasteiger partial charge >= 0.3 is 0 Å². The Morgan fingerprint density at radius 3 is 2.29 bits per heavy atom. The molecule has 0 heterocycles. The van der Waals surface area contributed by atoms with Crippen molar-refractivity contribution in [3.05, 3.63) is 0 Å². The SMILES string of the molecule is CCC(C)(C)N(C)C(=O)CC1(N)CCCCC1. The van der Waals surface area contributed by atoms with E-state index in [0.29, 0.717) is 6.42 Å². The predicted molar refractivity (Wildman–Crippen MR) is 71.8 cm³/mol. The largest absolute Gasteiger partial charge is 0.341 e. The summed E-state index contributed by atoms with van der Waals surface area (Å²) in [4.78, 5) is 14.1. The van der Waals surface area contributed by atoms with Crippen molar-refractivity contribution in [3.8, 4) is 0 Å². The third-order valence-corrected chi connectivity index (χ3v) is 4.50. The molecule has 0 bridgehead atoms.